The van der Waals surface area contributed by atoms with E-state index in [4.69, 9.17) is 0 Å². The Kier molecular flexibility index (Phi) is 6.60. The Balaban J connectivity index is 2.50. The minimum Gasteiger partial charge on any atom is -0.314 e. The van der Waals surface area contributed by atoms with Crippen LogP contribution in [0.25, 0.3) is 0 Å². The van der Waals surface area contributed by atoms with E-state index < -0.39 is 10.0 Å². The van der Waals surface area contributed by atoms with Crippen LogP contribution >= 0.6 is 0 Å². The van der Waals surface area contributed by atoms with Crippen LogP contribution in [0.15, 0.2) is 0 Å². The molecule has 0 aliphatic carbocycles. The zero-order valence-corrected chi connectivity index (χ0v) is 12.8. The third-order valence-corrected chi connectivity index (χ3v) is 4.97. The molecule has 0 saturated carbocycles. The van der Waals surface area contributed by atoms with Crippen LogP contribution in [-0.4, -0.2) is 44.7 Å². The van der Waals surface area contributed by atoms with Gasteiger partial charge in [-0.05, 0) is 38.1 Å². The molecular weight excluding hydrogens is 248 g/mol. The highest BCUT2D eigenvalue weighted by molar-refractivity contribution is 7.88. The van der Waals surface area contributed by atoms with Gasteiger partial charge in [-0.1, -0.05) is 20.3 Å². The number of hydrogen-bond donors (Lipinski definition) is 1. The second-order valence-electron chi connectivity index (χ2n) is 5.41. The van der Waals surface area contributed by atoms with Crippen molar-refractivity contribution >= 4 is 10.0 Å². The van der Waals surface area contributed by atoms with Gasteiger partial charge < -0.3 is 5.32 Å². The lowest BCUT2D eigenvalue weighted by atomic mass is 9.91. The zero-order valence-electron chi connectivity index (χ0n) is 12.0. The van der Waals surface area contributed by atoms with E-state index in [0.29, 0.717) is 25.0 Å². The Morgan fingerprint density at radius 3 is 2.67 bits per heavy atom. The summed E-state index contributed by atoms with van der Waals surface area (Å²) < 4.78 is 24.8. The topological polar surface area (TPSA) is 49.4 Å². The summed E-state index contributed by atoms with van der Waals surface area (Å²) in [4.78, 5) is 0. The average Bonchev–Trinajstić information content (AvgIpc) is 2.29. The molecule has 0 spiro atoms. The normalized spacial score (nSPS) is 24.1. The summed E-state index contributed by atoms with van der Waals surface area (Å²) in [5.41, 5.74) is 0. The molecule has 1 saturated heterocycles. The van der Waals surface area contributed by atoms with E-state index in [1.54, 1.807) is 4.31 Å². The molecule has 108 valence electrons. The van der Waals surface area contributed by atoms with Crippen LogP contribution < -0.4 is 5.32 Å². The van der Waals surface area contributed by atoms with E-state index in [0.717, 1.165) is 25.8 Å². The van der Waals surface area contributed by atoms with Gasteiger partial charge in [0.25, 0.3) is 0 Å². The molecule has 2 unspecified atom stereocenters. The molecule has 1 N–H and O–H groups in total. The molecule has 1 fully saturated rings. The van der Waals surface area contributed by atoms with Crippen molar-refractivity contribution in [1.82, 2.24) is 9.62 Å². The first-order valence-corrected chi connectivity index (χ1v) is 9.00. The molecule has 0 amide bonds. The molecule has 1 heterocycles. The Hall–Kier alpha value is -0.130. The minimum absolute atomic E-state index is 0.518. The van der Waals surface area contributed by atoms with Crippen molar-refractivity contribution in [3.63, 3.8) is 0 Å². The summed E-state index contributed by atoms with van der Waals surface area (Å²) in [6.45, 7) is 6.74. The predicted molar refractivity (Wildman–Crippen MR) is 76.1 cm³/mol. The summed E-state index contributed by atoms with van der Waals surface area (Å²) in [5.74, 6) is 0.518. The fourth-order valence-electron chi connectivity index (χ4n) is 2.86. The molecule has 0 aromatic heterocycles. The lowest BCUT2D eigenvalue weighted by Crippen LogP contribution is -2.41. The molecule has 0 aromatic rings. The number of nitrogens with zero attached hydrogens (tertiary/aromatic N) is 1. The van der Waals surface area contributed by atoms with Crippen LogP contribution in [0.1, 0.15) is 46.0 Å². The zero-order chi connectivity index (χ0) is 13.6. The third kappa shape index (κ3) is 5.24. The Bertz CT molecular complexity index is 324. The number of piperidine rings is 1. The Labute approximate surface area is 112 Å². The summed E-state index contributed by atoms with van der Waals surface area (Å²) in [6.07, 6.45) is 6.96. The van der Waals surface area contributed by atoms with Gasteiger partial charge in [0.05, 0.1) is 6.26 Å². The van der Waals surface area contributed by atoms with Crippen molar-refractivity contribution in [3.8, 4) is 0 Å². The van der Waals surface area contributed by atoms with Crippen molar-refractivity contribution in [2.45, 2.75) is 52.0 Å². The molecule has 1 aliphatic rings. The number of rotatable bonds is 7. The summed E-state index contributed by atoms with van der Waals surface area (Å²) >= 11 is 0. The Morgan fingerprint density at radius 1 is 1.39 bits per heavy atom. The van der Waals surface area contributed by atoms with Crippen molar-refractivity contribution in [2.24, 2.45) is 5.92 Å². The van der Waals surface area contributed by atoms with E-state index >= 15 is 0 Å². The van der Waals surface area contributed by atoms with Gasteiger partial charge in [0.1, 0.15) is 0 Å². The van der Waals surface area contributed by atoms with Crippen LogP contribution in [0.3, 0.4) is 0 Å². The molecule has 18 heavy (non-hydrogen) atoms. The largest absolute Gasteiger partial charge is 0.314 e. The second kappa shape index (κ2) is 7.46. The smallest absolute Gasteiger partial charge is 0.211 e. The molecule has 1 aliphatic heterocycles. The molecule has 5 heteroatoms. The fourth-order valence-corrected chi connectivity index (χ4v) is 3.81. The highest BCUT2D eigenvalue weighted by atomic mass is 32.2. The van der Waals surface area contributed by atoms with E-state index in [1.807, 2.05) is 0 Å². The highest BCUT2D eigenvalue weighted by Crippen LogP contribution is 2.23. The van der Waals surface area contributed by atoms with Gasteiger partial charge in [0.2, 0.25) is 10.0 Å². The summed E-state index contributed by atoms with van der Waals surface area (Å²) in [7, 11) is -3.01. The van der Waals surface area contributed by atoms with Crippen molar-refractivity contribution < 1.29 is 8.42 Å². The van der Waals surface area contributed by atoms with E-state index in [1.165, 1.54) is 19.1 Å². The first-order chi connectivity index (χ1) is 8.47. The van der Waals surface area contributed by atoms with Crippen molar-refractivity contribution in [3.05, 3.63) is 0 Å². The number of nitrogens with one attached hydrogen (secondary N) is 1. The molecule has 2 atom stereocenters. The molecule has 0 bridgehead atoms. The minimum atomic E-state index is -3.01. The van der Waals surface area contributed by atoms with Crippen molar-refractivity contribution in [2.75, 3.05) is 25.9 Å². The molecule has 4 nitrogen and oxygen atoms in total. The van der Waals surface area contributed by atoms with Gasteiger partial charge in [-0.2, -0.15) is 0 Å². The average molecular weight is 276 g/mol. The monoisotopic (exact) mass is 276 g/mol. The number of sulfonamides is 1. The predicted octanol–water partition coefficient (Wildman–Crippen LogP) is 1.83. The molecular formula is C13H28N2O2S. The van der Waals surface area contributed by atoms with Gasteiger partial charge in [0.15, 0.2) is 0 Å². The summed E-state index contributed by atoms with van der Waals surface area (Å²) in [5, 5.41) is 3.52. The molecule has 0 radical (unpaired) electrons. The maximum Gasteiger partial charge on any atom is 0.211 e. The van der Waals surface area contributed by atoms with Crippen LogP contribution in [0.2, 0.25) is 0 Å². The maximum atomic E-state index is 11.6. The van der Waals surface area contributed by atoms with Crippen LogP contribution in [-0.2, 0) is 10.0 Å². The third-order valence-electron chi connectivity index (χ3n) is 3.70. The van der Waals surface area contributed by atoms with Gasteiger partial charge in [0, 0.05) is 19.1 Å². The van der Waals surface area contributed by atoms with Crippen LogP contribution in [0, 0.1) is 5.92 Å². The first kappa shape index (κ1) is 15.9. The van der Waals surface area contributed by atoms with Crippen LogP contribution in [0.5, 0.6) is 0 Å². The van der Waals surface area contributed by atoms with E-state index in [9.17, 15) is 8.42 Å². The standard InChI is InChI=1S/C13H28N2O2S/c1-4-7-13(14-5-2)10-12-8-6-9-15(11-12)18(3,16)17/h12-14H,4-11H2,1-3H3. The maximum absolute atomic E-state index is 11.6. The summed E-state index contributed by atoms with van der Waals surface area (Å²) in [6, 6.07) is 0.546. The fraction of sp³-hybridized carbons (Fsp3) is 1.00. The van der Waals surface area contributed by atoms with Crippen LogP contribution in [0.4, 0.5) is 0 Å². The SMILES string of the molecule is CCCC(CC1CCCN(S(C)(=O)=O)C1)NCC. The second-order valence-corrected chi connectivity index (χ2v) is 7.39. The highest BCUT2D eigenvalue weighted by Gasteiger charge is 2.27. The lowest BCUT2D eigenvalue weighted by Gasteiger charge is -2.33. The van der Waals surface area contributed by atoms with Gasteiger partial charge in [-0.25, -0.2) is 12.7 Å². The Morgan fingerprint density at radius 2 is 2.11 bits per heavy atom. The first-order valence-electron chi connectivity index (χ1n) is 7.15. The number of hydrogen-bond acceptors (Lipinski definition) is 3. The van der Waals surface area contributed by atoms with Gasteiger partial charge >= 0.3 is 0 Å². The van der Waals surface area contributed by atoms with Gasteiger partial charge in [-0.15, -0.1) is 0 Å². The molecule has 1 rings (SSSR count). The van der Waals surface area contributed by atoms with E-state index in [-0.39, 0.29) is 0 Å². The molecule has 0 aromatic carbocycles. The lowest BCUT2D eigenvalue weighted by molar-refractivity contribution is 0.234. The quantitative estimate of drug-likeness (QED) is 0.772. The van der Waals surface area contributed by atoms with E-state index in [2.05, 4.69) is 19.2 Å². The van der Waals surface area contributed by atoms with Gasteiger partial charge in [-0.3, -0.25) is 0 Å². The van der Waals surface area contributed by atoms with Crippen molar-refractivity contribution in [1.29, 1.82) is 0 Å².